The Morgan fingerprint density at radius 2 is 2.00 bits per heavy atom. The average molecular weight is 276 g/mol. The van der Waals surface area contributed by atoms with Crippen molar-refractivity contribution in [3.05, 3.63) is 18.3 Å². The zero-order valence-corrected chi connectivity index (χ0v) is 12.6. The Morgan fingerprint density at radius 3 is 2.55 bits per heavy atom. The molecule has 1 saturated carbocycles. The summed E-state index contributed by atoms with van der Waals surface area (Å²) in [5, 5.41) is 2.98. The van der Waals surface area contributed by atoms with Crippen LogP contribution in [0.25, 0.3) is 0 Å². The smallest absolute Gasteiger partial charge is 0.230 e. The highest BCUT2D eigenvalue weighted by molar-refractivity contribution is 5.94. The number of pyridine rings is 1. The molecular weight excluding hydrogens is 252 g/mol. The van der Waals surface area contributed by atoms with Gasteiger partial charge < -0.3 is 10.1 Å². The molecule has 0 radical (unpaired) electrons. The maximum Gasteiger partial charge on any atom is 0.230 e. The highest BCUT2D eigenvalue weighted by Crippen LogP contribution is 2.36. The van der Waals surface area contributed by atoms with Gasteiger partial charge in [-0.05, 0) is 32.8 Å². The highest BCUT2D eigenvalue weighted by Gasteiger charge is 2.34. The lowest BCUT2D eigenvalue weighted by molar-refractivity contribution is -0.126. The Bertz CT molecular complexity index is 448. The second kappa shape index (κ2) is 6.25. The fraction of sp³-hybridized carbons (Fsp3) is 0.625. The topological polar surface area (TPSA) is 51.2 Å². The van der Waals surface area contributed by atoms with Crippen LogP contribution in [0.2, 0.25) is 0 Å². The highest BCUT2D eigenvalue weighted by atomic mass is 16.5. The second-order valence-electron chi connectivity index (χ2n) is 6.13. The van der Waals surface area contributed by atoms with E-state index < -0.39 is 0 Å². The van der Waals surface area contributed by atoms with Crippen molar-refractivity contribution in [2.45, 2.75) is 59.0 Å². The Hall–Kier alpha value is -1.58. The van der Waals surface area contributed by atoms with E-state index in [0.717, 1.165) is 31.4 Å². The SMILES string of the molecule is CC(C)Oc1ccc(NC(=O)C2(C)CCCCC2)cn1. The van der Waals surface area contributed by atoms with E-state index in [0.29, 0.717) is 5.88 Å². The van der Waals surface area contributed by atoms with Crippen molar-refractivity contribution in [2.24, 2.45) is 5.41 Å². The first-order valence-electron chi connectivity index (χ1n) is 7.44. The lowest BCUT2D eigenvalue weighted by atomic mass is 9.75. The third-order valence-electron chi connectivity index (χ3n) is 3.86. The zero-order valence-electron chi connectivity index (χ0n) is 12.6. The molecule has 4 nitrogen and oxygen atoms in total. The lowest BCUT2D eigenvalue weighted by Gasteiger charge is -2.31. The standard InChI is InChI=1S/C16H24N2O2/c1-12(2)20-14-8-7-13(11-17-14)18-15(19)16(3)9-5-4-6-10-16/h7-8,11-12H,4-6,9-10H2,1-3H3,(H,18,19). The Balaban J connectivity index is 1.97. The number of amides is 1. The molecule has 0 bridgehead atoms. The van der Waals surface area contributed by atoms with E-state index in [1.807, 2.05) is 19.9 Å². The van der Waals surface area contributed by atoms with Crippen molar-refractivity contribution < 1.29 is 9.53 Å². The van der Waals surface area contributed by atoms with E-state index in [1.54, 1.807) is 12.3 Å². The van der Waals surface area contributed by atoms with Crippen LogP contribution >= 0.6 is 0 Å². The van der Waals surface area contributed by atoms with Gasteiger partial charge in [0.15, 0.2) is 0 Å². The molecule has 110 valence electrons. The molecule has 1 heterocycles. The van der Waals surface area contributed by atoms with Crippen LogP contribution in [0.15, 0.2) is 18.3 Å². The monoisotopic (exact) mass is 276 g/mol. The lowest BCUT2D eigenvalue weighted by Crippen LogP contribution is -2.35. The van der Waals surface area contributed by atoms with Crippen LogP contribution in [-0.2, 0) is 4.79 Å². The molecule has 0 aliphatic heterocycles. The molecule has 20 heavy (non-hydrogen) atoms. The molecule has 0 spiro atoms. The maximum atomic E-state index is 12.4. The van der Waals surface area contributed by atoms with Crippen LogP contribution in [-0.4, -0.2) is 17.0 Å². The number of anilines is 1. The zero-order chi connectivity index (χ0) is 14.6. The Labute approximate surface area is 120 Å². The molecule has 2 rings (SSSR count). The van der Waals surface area contributed by atoms with Crippen molar-refractivity contribution in [2.75, 3.05) is 5.32 Å². The molecule has 1 aliphatic carbocycles. The van der Waals surface area contributed by atoms with Gasteiger partial charge in [0, 0.05) is 11.5 Å². The van der Waals surface area contributed by atoms with Crippen molar-refractivity contribution >= 4 is 11.6 Å². The first kappa shape index (κ1) is 14.8. The number of carbonyl (C=O) groups is 1. The van der Waals surface area contributed by atoms with Gasteiger partial charge in [0.25, 0.3) is 0 Å². The molecule has 1 fully saturated rings. The predicted octanol–water partition coefficient (Wildman–Crippen LogP) is 3.78. The molecule has 0 aromatic carbocycles. The third kappa shape index (κ3) is 3.71. The maximum absolute atomic E-state index is 12.4. The van der Waals surface area contributed by atoms with Gasteiger partial charge in [0.05, 0.1) is 18.0 Å². The van der Waals surface area contributed by atoms with Crippen LogP contribution in [0.1, 0.15) is 52.9 Å². The van der Waals surface area contributed by atoms with E-state index in [2.05, 4.69) is 17.2 Å². The van der Waals surface area contributed by atoms with Crippen LogP contribution in [0.3, 0.4) is 0 Å². The largest absolute Gasteiger partial charge is 0.475 e. The van der Waals surface area contributed by atoms with Crippen LogP contribution in [0, 0.1) is 5.41 Å². The first-order valence-corrected chi connectivity index (χ1v) is 7.44. The van der Waals surface area contributed by atoms with E-state index in [4.69, 9.17) is 4.74 Å². The van der Waals surface area contributed by atoms with E-state index >= 15 is 0 Å². The van der Waals surface area contributed by atoms with E-state index in [9.17, 15) is 4.79 Å². The minimum Gasteiger partial charge on any atom is -0.475 e. The van der Waals surface area contributed by atoms with E-state index in [1.165, 1.54) is 6.42 Å². The van der Waals surface area contributed by atoms with Crippen molar-refractivity contribution in [3.63, 3.8) is 0 Å². The third-order valence-corrected chi connectivity index (χ3v) is 3.86. The normalized spacial score (nSPS) is 17.8. The minimum atomic E-state index is -0.231. The van der Waals surface area contributed by atoms with Gasteiger partial charge in [-0.1, -0.05) is 26.2 Å². The average Bonchev–Trinajstić information content (AvgIpc) is 2.41. The summed E-state index contributed by atoms with van der Waals surface area (Å²) >= 11 is 0. The van der Waals surface area contributed by atoms with Gasteiger partial charge in [-0.25, -0.2) is 4.98 Å². The fourth-order valence-electron chi connectivity index (χ4n) is 2.61. The summed E-state index contributed by atoms with van der Waals surface area (Å²) in [6, 6.07) is 3.63. The van der Waals surface area contributed by atoms with Crippen molar-refractivity contribution in [1.29, 1.82) is 0 Å². The molecule has 1 amide bonds. The van der Waals surface area contributed by atoms with Gasteiger partial charge in [0.2, 0.25) is 11.8 Å². The summed E-state index contributed by atoms with van der Waals surface area (Å²) in [4.78, 5) is 16.6. The number of rotatable bonds is 4. The minimum absolute atomic E-state index is 0.101. The molecule has 1 aliphatic rings. The van der Waals surface area contributed by atoms with Gasteiger partial charge in [-0.2, -0.15) is 0 Å². The summed E-state index contributed by atoms with van der Waals surface area (Å²) in [6.45, 7) is 5.98. The van der Waals surface area contributed by atoms with Gasteiger partial charge >= 0.3 is 0 Å². The van der Waals surface area contributed by atoms with Crippen molar-refractivity contribution in [3.8, 4) is 5.88 Å². The molecule has 0 unspecified atom stereocenters. The molecule has 0 saturated heterocycles. The molecule has 1 aromatic heterocycles. The number of aromatic nitrogens is 1. The van der Waals surface area contributed by atoms with Crippen LogP contribution in [0.5, 0.6) is 5.88 Å². The van der Waals surface area contributed by atoms with Crippen molar-refractivity contribution in [1.82, 2.24) is 4.98 Å². The van der Waals surface area contributed by atoms with Gasteiger partial charge in [0.1, 0.15) is 0 Å². The molecular formula is C16H24N2O2. The number of hydrogen-bond donors (Lipinski definition) is 1. The molecule has 1 aromatic rings. The number of nitrogens with zero attached hydrogens (tertiary/aromatic N) is 1. The summed E-state index contributed by atoms with van der Waals surface area (Å²) in [7, 11) is 0. The summed E-state index contributed by atoms with van der Waals surface area (Å²) in [5.41, 5.74) is 0.503. The number of hydrogen-bond acceptors (Lipinski definition) is 3. The molecule has 0 atom stereocenters. The second-order valence-corrected chi connectivity index (χ2v) is 6.13. The quantitative estimate of drug-likeness (QED) is 0.910. The Morgan fingerprint density at radius 1 is 1.30 bits per heavy atom. The number of nitrogens with one attached hydrogen (secondary N) is 1. The summed E-state index contributed by atoms with van der Waals surface area (Å²) < 4.78 is 5.49. The van der Waals surface area contributed by atoms with Gasteiger partial charge in [-0.3, -0.25) is 4.79 Å². The number of carbonyl (C=O) groups excluding carboxylic acids is 1. The van der Waals surface area contributed by atoms with Gasteiger partial charge in [-0.15, -0.1) is 0 Å². The summed E-state index contributed by atoms with van der Waals surface area (Å²) in [5.74, 6) is 0.693. The van der Waals surface area contributed by atoms with Crippen LogP contribution in [0.4, 0.5) is 5.69 Å². The van der Waals surface area contributed by atoms with E-state index in [-0.39, 0.29) is 17.4 Å². The fourth-order valence-corrected chi connectivity index (χ4v) is 2.61. The first-order chi connectivity index (χ1) is 9.49. The molecule has 1 N–H and O–H groups in total. The Kier molecular flexibility index (Phi) is 4.63. The number of ether oxygens (including phenoxy) is 1. The predicted molar refractivity (Wildman–Crippen MR) is 79.8 cm³/mol. The molecule has 4 heteroatoms. The summed E-state index contributed by atoms with van der Waals surface area (Å²) in [6.07, 6.45) is 7.23. The van der Waals surface area contributed by atoms with Crippen LogP contribution < -0.4 is 10.1 Å².